The lowest BCUT2D eigenvalue weighted by Crippen LogP contribution is -2.57. The molecule has 0 aromatic heterocycles. The minimum Gasteiger partial charge on any atom is -0.291 e. The topological polar surface area (TPSA) is 104 Å². The molecule has 0 saturated carbocycles. The highest BCUT2D eigenvalue weighted by atomic mass is 16.2. The first-order valence-corrected chi connectivity index (χ1v) is 3.77. The number of hydrogen-bond acceptors (Lipinski definition) is 6. The van der Waals surface area contributed by atoms with Gasteiger partial charge in [-0.2, -0.15) is 5.53 Å². The molecule has 0 atom stereocenters. The summed E-state index contributed by atoms with van der Waals surface area (Å²) in [5.41, 5.74) is 6.81. The van der Waals surface area contributed by atoms with Gasteiger partial charge in [-0.3, -0.25) is 24.6 Å². The Bertz CT molecular complexity index is 246. The molecule has 1 fully saturated rings. The Kier molecular flexibility index (Phi) is 5.27. The van der Waals surface area contributed by atoms with E-state index in [-0.39, 0.29) is 18.1 Å². The van der Waals surface area contributed by atoms with Gasteiger partial charge in [-0.15, -0.1) is 0 Å². The van der Waals surface area contributed by atoms with Crippen molar-refractivity contribution in [3.8, 4) is 0 Å². The molecule has 14 heavy (non-hydrogen) atoms. The minimum absolute atomic E-state index is 0.0613. The number of carbonyl (C=O) groups excluding carboxylic acids is 4. The summed E-state index contributed by atoms with van der Waals surface area (Å²) in [7, 11) is 0. The minimum atomic E-state index is -0.594. The van der Waals surface area contributed by atoms with Crippen LogP contribution in [0.1, 0.15) is 13.8 Å². The monoisotopic (exact) mass is 201 g/mol. The first-order chi connectivity index (χ1) is 6.45. The predicted octanol–water partition coefficient (Wildman–Crippen LogP) is -2.14. The molecule has 0 aromatic carbocycles. The summed E-state index contributed by atoms with van der Waals surface area (Å²) in [6, 6.07) is 0. The molecule has 1 rings (SSSR count). The van der Waals surface area contributed by atoms with Crippen LogP contribution in [0.4, 0.5) is 0 Å². The second-order valence-electron chi connectivity index (χ2n) is 2.47. The summed E-state index contributed by atoms with van der Waals surface area (Å²) in [5.74, 6) is -1.81. The molecule has 0 bridgehead atoms. The largest absolute Gasteiger partial charge is 0.303 e. The highest BCUT2D eigenvalue weighted by Crippen LogP contribution is 1.71. The third kappa shape index (κ3) is 5.12. The van der Waals surface area contributed by atoms with Gasteiger partial charge in [-0.05, 0) is 0 Å². The molecule has 0 unspecified atom stereocenters. The summed E-state index contributed by atoms with van der Waals surface area (Å²) >= 11 is 0. The van der Waals surface area contributed by atoms with Crippen LogP contribution in [-0.2, 0) is 19.2 Å². The first-order valence-electron chi connectivity index (χ1n) is 3.77. The first kappa shape index (κ1) is 12.4. The maximum absolute atomic E-state index is 10.3. The van der Waals surface area contributed by atoms with Gasteiger partial charge in [-0.25, -0.2) is 5.43 Å². The van der Waals surface area contributed by atoms with Gasteiger partial charge >= 0.3 is 5.91 Å². The molecule has 1 amide bonds. The van der Waals surface area contributed by atoms with Crippen LogP contribution < -0.4 is 16.4 Å². The molecule has 7 nitrogen and oxygen atoms in total. The summed E-state index contributed by atoms with van der Waals surface area (Å²) in [5, 5.41) is 0. The van der Waals surface area contributed by atoms with Crippen LogP contribution in [0.15, 0.2) is 0 Å². The standard InChI is InChI=1S/C4H6O2.C3H5N3O2/c1-3(5)4(2)6;7-2-1-4-6-5-3(2)8/h1-2H3;4,6H,1H2,(H,5,8). The van der Waals surface area contributed by atoms with E-state index in [9.17, 15) is 19.2 Å². The molecule has 0 aliphatic carbocycles. The fraction of sp³-hybridized carbons (Fsp3) is 0.429. The molecule has 0 radical (unpaired) electrons. The molecule has 1 heterocycles. The van der Waals surface area contributed by atoms with Crippen molar-refractivity contribution in [2.24, 2.45) is 0 Å². The van der Waals surface area contributed by atoms with E-state index < -0.39 is 11.7 Å². The quantitative estimate of drug-likeness (QED) is 0.418. The molecular formula is C7H11N3O4. The van der Waals surface area contributed by atoms with Crippen molar-refractivity contribution in [3.63, 3.8) is 0 Å². The van der Waals surface area contributed by atoms with E-state index in [0.717, 1.165) is 0 Å². The summed E-state index contributed by atoms with van der Waals surface area (Å²) < 4.78 is 0. The number of rotatable bonds is 1. The molecule has 0 spiro atoms. The van der Waals surface area contributed by atoms with E-state index in [1.54, 1.807) is 0 Å². The predicted molar refractivity (Wildman–Crippen MR) is 45.7 cm³/mol. The van der Waals surface area contributed by atoms with Crippen molar-refractivity contribution < 1.29 is 19.2 Å². The molecule has 1 saturated heterocycles. The Balaban J connectivity index is 0.000000255. The van der Waals surface area contributed by atoms with Crippen LogP contribution in [0.3, 0.4) is 0 Å². The van der Waals surface area contributed by atoms with Crippen molar-refractivity contribution in [1.29, 1.82) is 0 Å². The molecule has 1 aliphatic rings. The number of hydrazine groups is 2. The fourth-order valence-corrected chi connectivity index (χ4v) is 0.375. The highest BCUT2D eigenvalue weighted by molar-refractivity contribution is 6.37. The van der Waals surface area contributed by atoms with Gasteiger partial charge < -0.3 is 0 Å². The zero-order chi connectivity index (χ0) is 11.1. The van der Waals surface area contributed by atoms with Crippen molar-refractivity contribution in [3.05, 3.63) is 0 Å². The summed E-state index contributed by atoms with van der Waals surface area (Å²) in [6.07, 6.45) is 0. The highest BCUT2D eigenvalue weighted by Gasteiger charge is 2.15. The number of nitrogens with one attached hydrogen (secondary N) is 3. The van der Waals surface area contributed by atoms with Crippen LogP contribution in [-0.4, -0.2) is 29.8 Å². The number of Topliss-reactive ketones (excluding diaryl/α,β-unsaturated/α-hetero) is 3. The van der Waals surface area contributed by atoms with E-state index in [2.05, 4.69) is 16.4 Å². The van der Waals surface area contributed by atoms with Gasteiger partial charge in [0.2, 0.25) is 5.78 Å². The van der Waals surface area contributed by atoms with Crippen molar-refractivity contribution >= 4 is 23.3 Å². The average molecular weight is 201 g/mol. The van der Waals surface area contributed by atoms with E-state index in [4.69, 9.17) is 0 Å². The maximum atomic E-state index is 10.3. The fourth-order valence-electron chi connectivity index (χ4n) is 0.375. The third-order valence-electron chi connectivity index (χ3n) is 1.26. The average Bonchev–Trinajstić information content (AvgIpc) is 2.11. The van der Waals surface area contributed by atoms with Gasteiger partial charge in [0, 0.05) is 13.8 Å². The van der Waals surface area contributed by atoms with Gasteiger partial charge in [0.25, 0.3) is 0 Å². The third-order valence-corrected chi connectivity index (χ3v) is 1.26. The van der Waals surface area contributed by atoms with Gasteiger partial charge in [0.05, 0.1) is 6.54 Å². The van der Waals surface area contributed by atoms with Crippen LogP contribution in [0.5, 0.6) is 0 Å². The molecule has 3 N–H and O–H groups in total. The number of carbonyl (C=O) groups is 4. The number of ketones is 3. The van der Waals surface area contributed by atoms with Crippen LogP contribution in [0.25, 0.3) is 0 Å². The Hall–Kier alpha value is -1.60. The van der Waals surface area contributed by atoms with Crippen LogP contribution in [0.2, 0.25) is 0 Å². The SMILES string of the molecule is CC(=O)C(C)=O.O=C1CNNNC1=O. The molecule has 1 aliphatic heterocycles. The Labute approximate surface area is 80.2 Å². The normalized spacial score (nSPS) is 15.0. The molecular weight excluding hydrogens is 190 g/mol. The van der Waals surface area contributed by atoms with Crippen LogP contribution in [0, 0.1) is 0 Å². The van der Waals surface area contributed by atoms with E-state index in [1.165, 1.54) is 13.8 Å². The molecule has 7 heteroatoms. The molecule has 0 aromatic rings. The lowest BCUT2D eigenvalue weighted by atomic mass is 10.3. The van der Waals surface area contributed by atoms with E-state index in [0.29, 0.717) is 0 Å². The van der Waals surface area contributed by atoms with Crippen molar-refractivity contribution in [2.75, 3.05) is 6.54 Å². The second-order valence-corrected chi connectivity index (χ2v) is 2.47. The van der Waals surface area contributed by atoms with E-state index in [1.807, 2.05) is 0 Å². The van der Waals surface area contributed by atoms with Gasteiger partial charge in [0.1, 0.15) is 0 Å². The van der Waals surface area contributed by atoms with Crippen LogP contribution >= 0.6 is 0 Å². The zero-order valence-corrected chi connectivity index (χ0v) is 7.84. The smallest absolute Gasteiger partial charge is 0.291 e. The van der Waals surface area contributed by atoms with Crippen molar-refractivity contribution in [2.45, 2.75) is 13.8 Å². The Morgan fingerprint density at radius 1 is 1.14 bits per heavy atom. The number of hydrogen-bond donors (Lipinski definition) is 3. The second kappa shape index (κ2) is 5.95. The zero-order valence-electron chi connectivity index (χ0n) is 7.84. The number of amides is 1. The van der Waals surface area contributed by atoms with Crippen molar-refractivity contribution in [1.82, 2.24) is 16.4 Å². The summed E-state index contributed by atoms with van der Waals surface area (Å²) in [4.78, 5) is 40.1. The summed E-state index contributed by atoms with van der Waals surface area (Å²) in [6.45, 7) is 2.57. The maximum Gasteiger partial charge on any atom is 0.303 e. The Morgan fingerprint density at radius 3 is 1.86 bits per heavy atom. The lowest BCUT2D eigenvalue weighted by Gasteiger charge is -2.11. The van der Waals surface area contributed by atoms with Gasteiger partial charge in [-0.1, -0.05) is 0 Å². The lowest BCUT2D eigenvalue weighted by molar-refractivity contribution is -0.140. The van der Waals surface area contributed by atoms with E-state index >= 15 is 0 Å². The van der Waals surface area contributed by atoms with Gasteiger partial charge in [0.15, 0.2) is 11.6 Å². The Morgan fingerprint density at radius 2 is 1.64 bits per heavy atom. The molecule has 78 valence electrons.